The van der Waals surface area contributed by atoms with E-state index >= 15 is 0 Å². The molecule has 2 aromatic rings. The fourth-order valence-electron chi connectivity index (χ4n) is 1.56. The van der Waals surface area contributed by atoms with E-state index in [1.54, 1.807) is 0 Å². The molecule has 0 saturated carbocycles. The normalized spacial score (nSPS) is 10.5. The van der Waals surface area contributed by atoms with Crippen LogP contribution in [0.5, 0.6) is 5.75 Å². The molecule has 0 saturated heterocycles. The molecule has 1 aromatic carbocycles. The Morgan fingerprint density at radius 3 is 2.82 bits per heavy atom. The van der Waals surface area contributed by atoms with E-state index in [0.717, 1.165) is 23.6 Å². The van der Waals surface area contributed by atoms with Gasteiger partial charge in [0.25, 0.3) is 0 Å². The SMILES string of the molecule is CCCOc1cc(-n2ccc(C)n2)ccc1N. The summed E-state index contributed by atoms with van der Waals surface area (Å²) in [6, 6.07) is 7.65. The van der Waals surface area contributed by atoms with Crippen molar-refractivity contribution in [1.82, 2.24) is 9.78 Å². The van der Waals surface area contributed by atoms with Gasteiger partial charge in [-0.2, -0.15) is 5.10 Å². The number of benzene rings is 1. The zero-order valence-corrected chi connectivity index (χ0v) is 10.2. The summed E-state index contributed by atoms with van der Waals surface area (Å²) >= 11 is 0. The largest absolute Gasteiger partial charge is 0.491 e. The first-order valence-corrected chi connectivity index (χ1v) is 5.75. The van der Waals surface area contributed by atoms with Crippen LogP contribution in [0.25, 0.3) is 5.69 Å². The van der Waals surface area contributed by atoms with Crippen LogP contribution < -0.4 is 10.5 Å². The van der Waals surface area contributed by atoms with Crippen molar-refractivity contribution in [2.24, 2.45) is 0 Å². The second-order valence-electron chi connectivity index (χ2n) is 3.97. The van der Waals surface area contributed by atoms with E-state index in [-0.39, 0.29) is 0 Å². The highest BCUT2D eigenvalue weighted by atomic mass is 16.5. The van der Waals surface area contributed by atoms with Crippen LogP contribution in [-0.4, -0.2) is 16.4 Å². The number of ether oxygens (including phenoxy) is 1. The van der Waals surface area contributed by atoms with E-state index < -0.39 is 0 Å². The van der Waals surface area contributed by atoms with Gasteiger partial charge in [-0.05, 0) is 31.5 Å². The van der Waals surface area contributed by atoms with Crippen molar-refractivity contribution in [3.63, 3.8) is 0 Å². The van der Waals surface area contributed by atoms with Gasteiger partial charge in [0.15, 0.2) is 0 Å². The maximum absolute atomic E-state index is 5.86. The highest BCUT2D eigenvalue weighted by Gasteiger charge is 2.04. The van der Waals surface area contributed by atoms with E-state index in [2.05, 4.69) is 12.0 Å². The number of nitrogens with zero attached hydrogens (tertiary/aromatic N) is 2. The molecule has 0 aliphatic carbocycles. The molecule has 4 heteroatoms. The van der Waals surface area contributed by atoms with Crippen LogP contribution in [0.2, 0.25) is 0 Å². The Labute approximate surface area is 101 Å². The molecule has 4 nitrogen and oxygen atoms in total. The highest BCUT2D eigenvalue weighted by molar-refractivity contribution is 5.57. The molecular formula is C13H17N3O. The minimum absolute atomic E-state index is 0.658. The van der Waals surface area contributed by atoms with Gasteiger partial charge in [0.1, 0.15) is 5.75 Å². The average molecular weight is 231 g/mol. The van der Waals surface area contributed by atoms with Gasteiger partial charge >= 0.3 is 0 Å². The third-order valence-corrected chi connectivity index (χ3v) is 2.45. The zero-order chi connectivity index (χ0) is 12.3. The Morgan fingerprint density at radius 2 is 2.18 bits per heavy atom. The second-order valence-corrected chi connectivity index (χ2v) is 3.97. The summed E-state index contributed by atoms with van der Waals surface area (Å²) in [6.07, 6.45) is 2.88. The fraction of sp³-hybridized carbons (Fsp3) is 0.308. The summed E-state index contributed by atoms with van der Waals surface area (Å²) in [7, 11) is 0. The molecule has 2 rings (SSSR count). The van der Waals surface area contributed by atoms with Crippen molar-refractivity contribution in [3.8, 4) is 11.4 Å². The summed E-state index contributed by atoms with van der Waals surface area (Å²) in [4.78, 5) is 0. The molecule has 0 amide bonds. The van der Waals surface area contributed by atoms with Crippen molar-refractivity contribution in [1.29, 1.82) is 0 Å². The second kappa shape index (κ2) is 4.91. The number of nitrogens with two attached hydrogens (primary N) is 1. The predicted octanol–water partition coefficient (Wildman–Crippen LogP) is 2.55. The number of rotatable bonds is 4. The first kappa shape index (κ1) is 11.5. The third kappa shape index (κ3) is 2.58. The van der Waals surface area contributed by atoms with E-state index in [1.165, 1.54) is 0 Å². The molecule has 90 valence electrons. The maximum Gasteiger partial charge on any atom is 0.144 e. The molecule has 0 unspecified atom stereocenters. The van der Waals surface area contributed by atoms with Crippen LogP contribution in [0.15, 0.2) is 30.5 Å². The quantitative estimate of drug-likeness (QED) is 0.823. The van der Waals surface area contributed by atoms with Crippen LogP contribution in [-0.2, 0) is 0 Å². The van der Waals surface area contributed by atoms with Gasteiger partial charge in [-0.25, -0.2) is 4.68 Å². The molecule has 0 bridgehead atoms. The average Bonchev–Trinajstić information content (AvgIpc) is 2.75. The molecule has 1 heterocycles. The van der Waals surface area contributed by atoms with Crippen molar-refractivity contribution >= 4 is 5.69 Å². The number of hydrogen-bond acceptors (Lipinski definition) is 3. The molecule has 0 radical (unpaired) electrons. The van der Waals surface area contributed by atoms with Crippen molar-refractivity contribution < 1.29 is 4.74 Å². The first-order chi connectivity index (χ1) is 8.20. The lowest BCUT2D eigenvalue weighted by Gasteiger charge is -2.10. The Morgan fingerprint density at radius 1 is 1.35 bits per heavy atom. The van der Waals surface area contributed by atoms with E-state index in [1.807, 2.05) is 42.1 Å². The van der Waals surface area contributed by atoms with Crippen LogP contribution >= 0.6 is 0 Å². The van der Waals surface area contributed by atoms with Crippen molar-refractivity contribution in [3.05, 3.63) is 36.2 Å². The number of hydrogen-bond donors (Lipinski definition) is 1. The van der Waals surface area contributed by atoms with Gasteiger partial charge in [-0.3, -0.25) is 0 Å². The summed E-state index contributed by atoms with van der Waals surface area (Å²) in [5.41, 5.74) is 8.46. The smallest absolute Gasteiger partial charge is 0.144 e. The highest BCUT2D eigenvalue weighted by Crippen LogP contribution is 2.24. The zero-order valence-electron chi connectivity index (χ0n) is 10.2. The lowest BCUT2D eigenvalue weighted by molar-refractivity contribution is 0.319. The van der Waals surface area contributed by atoms with Crippen molar-refractivity contribution in [2.75, 3.05) is 12.3 Å². The van der Waals surface area contributed by atoms with Crippen LogP contribution in [0.3, 0.4) is 0 Å². The standard InChI is InChI=1S/C13H17N3O/c1-3-8-17-13-9-11(4-5-12(13)14)16-7-6-10(2)15-16/h4-7,9H,3,8,14H2,1-2H3. The maximum atomic E-state index is 5.86. The van der Waals surface area contributed by atoms with Gasteiger partial charge < -0.3 is 10.5 Å². The van der Waals surface area contributed by atoms with Gasteiger partial charge in [0.05, 0.1) is 23.7 Å². The molecule has 0 aliphatic rings. The first-order valence-electron chi connectivity index (χ1n) is 5.75. The van der Waals surface area contributed by atoms with Crippen LogP contribution in [0.1, 0.15) is 19.0 Å². The summed E-state index contributed by atoms with van der Waals surface area (Å²) in [6.45, 7) is 4.70. The molecule has 0 aliphatic heterocycles. The van der Waals surface area contributed by atoms with Crippen LogP contribution in [0, 0.1) is 6.92 Å². The molecule has 2 N–H and O–H groups in total. The Bertz CT molecular complexity index is 505. The summed E-state index contributed by atoms with van der Waals surface area (Å²) in [5, 5.41) is 4.35. The van der Waals surface area contributed by atoms with Crippen molar-refractivity contribution in [2.45, 2.75) is 20.3 Å². The predicted molar refractivity (Wildman–Crippen MR) is 68.5 cm³/mol. The molecule has 0 spiro atoms. The van der Waals surface area contributed by atoms with Gasteiger partial charge in [0, 0.05) is 12.3 Å². The molecule has 1 aromatic heterocycles. The number of aromatic nitrogens is 2. The molecule has 17 heavy (non-hydrogen) atoms. The number of nitrogen functional groups attached to an aromatic ring is 1. The summed E-state index contributed by atoms with van der Waals surface area (Å²) in [5.74, 6) is 0.720. The molecule has 0 atom stereocenters. The van der Waals surface area contributed by atoms with E-state index in [0.29, 0.717) is 12.3 Å². The van der Waals surface area contributed by atoms with E-state index in [4.69, 9.17) is 10.5 Å². The monoisotopic (exact) mass is 231 g/mol. The lowest BCUT2D eigenvalue weighted by atomic mass is 10.2. The Kier molecular flexibility index (Phi) is 3.32. The summed E-state index contributed by atoms with van der Waals surface area (Å²) < 4.78 is 7.40. The Balaban J connectivity index is 2.30. The minimum Gasteiger partial charge on any atom is -0.491 e. The lowest BCUT2D eigenvalue weighted by Crippen LogP contribution is -2.01. The van der Waals surface area contributed by atoms with Gasteiger partial charge in [0.2, 0.25) is 0 Å². The third-order valence-electron chi connectivity index (χ3n) is 2.45. The topological polar surface area (TPSA) is 53.1 Å². The fourth-order valence-corrected chi connectivity index (χ4v) is 1.56. The van der Waals surface area contributed by atoms with E-state index in [9.17, 15) is 0 Å². The number of anilines is 1. The van der Waals surface area contributed by atoms with Crippen LogP contribution in [0.4, 0.5) is 5.69 Å². The minimum atomic E-state index is 0.658. The van der Waals surface area contributed by atoms with Gasteiger partial charge in [-0.1, -0.05) is 6.92 Å². The molecule has 0 fully saturated rings. The number of aryl methyl sites for hydroxylation is 1. The molecular weight excluding hydrogens is 214 g/mol. The Hall–Kier alpha value is -1.97. The van der Waals surface area contributed by atoms with Gasteiger partial charge in [-0.15, -0.1) is 0 Å².